The van der Waals surface area contributed by atoms with Gasteiger partial charge >= 0.3 is 22.3 Å². The van der Waals surface area contributed by atoms with Crippen molar-refractivity contribution in [1.29, 1.82) is 0 Å². The van der Waals surface area contributed by atoms with E-state index >= 15 is 0 Å². The summed E-state index contributed by atoms with van der Waals surface area (Å²) in [4.78, 5) is 35.6. The molecule has 22 heavy (non-hydrogen) atoms. The molecule has 1 amide bonds. The lowest BCUT2D eigenvalue weighted by Crippen LogP contribution is -2.54. The van der Waals surface area contributed by atoms with Crippen LogP contribution in [0.15, 0.2) is 0 Å². The topological polar surface area (TPSA) is 168 Å². The van der Waals surface area contributed by atoms with E-state index in [0.717, 1.165) is 0 Å². The number of amides is 1. The van der Waals surface area contributed by atoms with Crippen LogP contribution in [0, 0.1) is 30.3 Å². The van der Waals surface area contributed by atoms with Crippen molar-refractivity contribution >= 4 is 16.5 Å². The quantitative estimate of drug-likeness (QED) is 0.309. The Labute approximate surface area is 115 Å². The summed E-state index contributed by atoms with van der Waals surface area (Å²) < 4.78 is 61.6. The summed E-state index contributed by atoms with van der Waals surface area (Å²) in [5.41, 5.74) is 0. The maximum atomic E-state index is 11.8. The molecule has 18 heteroatoms. The minimum Gasteiger partial charge on any atom is -0.448 e. The monoisotopic (exact) mass is 364 g/mol. The predicted octanol–water partition coefficient (Wildman–Crippen LogP) is 1.80. The molecule has 0 aromatic rings. The van der Waals surface area contributed by atoms with Crippen molar-refractivity contribution in [2.24, 2.45) is 0 Å². The van der Waals surface area contributed by atoms with Gasteiger partial charge in [-0.15, -0.1) is 0 Å². The molecule has 0 bridgehead atoms. The van der Waals surface area contributed by atoms with Gasteiger partial charge in [-0.25, -0.2) is 4.79 Å². The lowest BCUT2D eigenvalue weighted by molar-refractivity contribution is -0.970. The molecular formula is C4H5F5N4O8S. The van der Waals surface area contributed by atoms with Crippen molar-refractivity contribution in [3.8, 4) is 0 Å². The maximum absolute atomic E-state index is 11.8. The molecule has 0 aliphatic heterocycles. The lowest BCUT2D eigenvalue weighted by Gasteiger charge is -2.39. The molecule has 0 unspecified atom stereocenters. The number of hydrogen-bond donors (Lipinski definition) is 1. The summed E-state index contributed by atoms with van der Waals surface area (Å²) >= 11 is 0. The molecule has 0 saturated heterocycles. The third-order valence-electron chi connectivity index (χ3n) is 1.82. The summed E-state index contributed by atoms with van der Waals surface area (Å²) in [6.07, 6.45) is -4.63. The molecule has 130 valence electrons. The van der Waals surface area contributed by atoms with E-state index in [0.29, 0.717) is 0 Å². The van der Waals surface area contributed by atoms with Crippen molar-refractivity contribution in [1.82, 2.24) is 4.72 Å². The number of nitrogens with one attached hydrogen (secondary N) is 1. The van der Waals surface area contributed by atoms with Gasteiger partial charge in [0.25, 0.3) is 0 Å². The minimum atomic E-state index is -10.4. The van der Waals surface area contributed by atoms with Crippen molar-refractivity contribution in [3.63, 3.8) is 0 Å². The van der Waals surface area contributed by atoms with Gasteiger partial charge < -0.3 is 4.74 Å². The van der Waals surface area contributed by atoms with Crippen LogP contribution < -0.4 is 4.72 Å². The highest BCUT2D eigenvalue weighted by atomic mass is 32.5. The second-order valence-electron chi connectivity index (χ2n) is 3.50. The summed E-state index contributed by atoms with van der Waals surface area (Å²) in [7, 11) is -10.4. The van der Waals surface area contributed by atoms with Gasteiger partial charge in [0.05, 0.1) is 0 Å². The standard InChI is InChI=1S/C4H5F5N4O8S/c5-22(6,7,8,9)10-3(14)21-2-1-4(11(15)16,12(17)18)13(19)20/h1-2H2,(H,10,14). The second kappa shape index (κ2) is 4.74. The molecule has 12 nitrogen and oxygen atoms in total. The molecular weight excluding hydrogens is 359 g/mol. The molecule has 0 radical (unpaired) electrons. The zero-order valence-corrected chi connectivity index (χ0v) is 10.6. The van der Waals surface area contributed by atoms with Gasteiger partial charge in [0.15, 0.2) is 14.8 Å². The first-order chi connectivity index (χ1) is 9.41. The van der Waals surface area contributed by atoms with Gasteiger partial charge in [-0.05, 0) is 0 Å². The van der Waals surface area contributed by atoms with Crippen molar-refractivity contribution in [2.45, 2.75) is 12.2 Å². The van der Waals surface area contributed by atoms with Crippen LogP contribution in [0.4, 0.5) is 24.2 Å². The second-order valence-corrected chi connectivity index (χ2v) is 5.64. The fourth-order valence-electron chi connectivity index (χ4n) is 0.941. The Morgan fingerprint density at radius 3 is 1.64 bits per heavy atom. The molecule has 0 aliphatic rings. The van der Waals surface area contributed by atoms with Gasteiger partial charge in [-0.3, -0.25) is 30.3 Å². The summed E-state index contributed by atoms with van der Waals surface area (Å²) in [6, 6.07) is 0. The Bertz CT molecular complexity index is 498. The largest absolute Gasteiger partial charge is 0.703 e. The maximum Gasteiger partial charge on any atom is 0.703 e. The smallest absolute Gasteiger partial charge is 0.448 e. The van der Waals surface area contributed by atoms with Crippen LogP contribution in [0.3, 0.4) is 0 Å². The van der Waals surface area contributed by atoms with E-state index in [4.69, 9.17) is 0 Å². The first-order valence-electron chi connectivity index (χ1n) is 4.54. The fraction of sp³-hybridized carbons (Fsp3) is 0.750. The van der Waals surface area contributed by atoms with Crippen LogP contribution in [0.2, 0.25) is 0 Å². The van der Waals surface area contributed by atoms with E-state index in [1.807, 2.05) is 0 Å². The zero-order chi connectivity index (χ0) is 18.0. The summed E-state index contributed by atoms with van der Waals surface area (Å²) in [5, 5.41) is 31.1. The van der Waals surface area contributed by atoms with Gasteiger partial charge in [-0.2, -0.15) is 4.72 Å². The SMILES string of the molecule is O=C(NS(F)(F)(F)(F)F)OCCC([N+](=O)[O-])([N+](=O)[O-])[N+](=O)[O-]. The first kappa shape index (κ1) is 19.5. The highest BCUT2D eigenvalue weighted by Crippen LogP contribution is 2.94. The Morgan fingerprint density at radius 1 is 1.00 bits per heavy atom. The molecule has 0 saturated carbocycles. The van der Waals surface area contributed by atoms with Crippen LogP contribution in [0.1, 0.15) is 6.42 Å². The summed E-state index contributed by atoms with van der Waals surface area (Å²) in [6.45, 7) is -1.68. The summed E-state index contributed by atoms with van der Waals surface area (Å²) in [5.74, 6) is -4.10. The number of nitro groups is 3. The molecule has 0 aromatic heterocycles. The van der Waals surface area contributed by atoms with Gasteiger partial charge in [0.2, 0.25) is 6.42 Å². The van der Waals surface area contributed by atoms with Crippen LogP contribution in [0.25, 0.3) is 0 Å². The van der Waals surface area contributed by atoms with Crippen LogP contribution in [-0.2, 0) is 4.74 Å². The van der Waals surface area contributed by atoms with E-state index in [2.05, 4.69) is 4.74 Å². The number of carbonyl (C=O) groups excluding carboxylic acids is 1. The van der Waals surface area contributed by atoms with Crippen LogP contribution in [-0.4, -0.2) is 33.3 Å². The van der Waals surface area contributed by atoms with E-state index < -0.39 is 54.8 Å². The van der Waals surface area contributed by atoms with Crippen molar-refractivity contribution in [2.75, 3.05) is 6.61 Å². The Kier molecular flexibility index (Phi) is 4.20. The van der Waals surface area contributed by atoms with Gasteiger partial charge in [-0.1, -0.05) is 19.4 Å². The molecule has 0 heterocycles. The fourth-order valence-corrected chi connectivity index (χ4v) is 1.32. The van der Waals surface area contributed by atoms with Crippen LogP contribution in [0.5, 0.6) is 0 Å². The van der Waals surface area contributed by atoms with E-state index in [9.17, 15) is 54.6 Å². The number of hydrogen-bond acceptors (Lipinski definition) is 8. The molecule has 1 N–H and O–H groups in total. The average Bonchev–Trinajstić information content (AvgIpc) is 2.17. The van der Waals surface area contributed by atoms with E-state index in [1.54, 1.807) is 0 Å². The number of carbonyl (C=O) groups is 1. The highest BCUT2D eigenvalue weighted by molar-refractivity contribution is 8.44. The molecule has 0 atom stereocenters. The predicted molar refractivity (Wildman–Crippen MR) is 55.9 cm³/mol. The normalized spacial score (nSPS) is 15.1. The van der Waals surface area contributed by atoms with E-state index in [-0.39, 0.29) is 0 Å². The number of rotatable bonds is 7. The number of halogens is 5. The number of nitrogens with zero attached hydrogens (tertiary/aromatic N) is 3. The van der Waals surface area contributed by atoms with Gasteiger partial charge in [0.1, 0.15) is 6.61 Å². The lowest BCUT2D eigenvalue weighted by atomic mass is 10.3. The Balaban J connectivity index is 4.95. The Morgan fingerprint density at radius 2 is 1.36 bits per heavy atom. The minimum absolute atomic E-state index is 0.740. The van der Waals surface area contributed by atoms with Crippen molar-refractivity contribution < 1.29 is 43.7 Å². The third kappa shape index (κ3) is 5.46. The van der Waals surface area contributed by atoms with Gasteiger partial charge in [0, 0.05) is 0 Å². The molecule has 0 aromatic carbocycles. The molecule has 0 fully saturated rings. The van der Waals surface area contributed by atoms with Crippen molar-refractivity contribution in [3.05, 3.63) is 30.3 Å². The van der Waals surface area contributed by atoms with Crippen LogP contribution >= 0.6 is 10.4 Å². The van der Waals surface area contributed by atoms with E-state index in [1.165, 1.54) is 0 Å². The zero-order valence-electron chi connectivity index (χ0n) is 9.82. The molecule has 0 aliphatic carbocycles. The first-order valence-corrected chi connectivity index (χ1v) is 6.49. The third-order valence-corrected chi connectivity index (χ3v) is 2.38. The number of ether oxygens (including phenoxy) is 1. The molecule has 0 spiro atoms. The average molecular weight is 364 g/mol. The highest BCUT2D eigenvalue weighted by Gasteiger charge is 2.70. The Hall–Kier alpha value is -2.53. The molecule has 0 rings (SSSR count).